The van der Waals surface area contributed by atoms with Gasteiger partial charge in [-0.15, -0.1) is 0 Å². The minimum atomic E-state index is -3.03. The standard InChI is InChI=1S/C26H30N6O3S/c1-26(2)9-6-21-22(13-26)30-31-23(21)25(33)29-20-15-28-32(16-20)24(18-7-10-36(34,35)11-8-18)19-5-3-4-17(12-19)14-27/h3-5,12,15-16,18,24H,6-11,13H2,1-2H3,(H,29,33)(H,30,31). The van der Waals surface area contributed by atoms with Gasteiger partial charge in [0.05, 0.1) is 41.1 Å². The Morgan fingerprint density at radius 3 is 2.83 bits per heavy atom. The molecule has 1 fully saturated rings. The molecule has 10 heteroatoms. The van der Waals surface area contributed by atoms with E-state index in [0.29, 0.717) is 29.8 Å². The number of benzene rings is 1. The number of nitrogens with one attached hydrogen (secondary N) is 2. The first-order chi connectivity index (χ1) is 17.1. The first kappa shape index (κ1) is 24.3. The first-order valence-corrected chi connectivity index (χ1v) is 14.1. The van der Waals surface area contributed by atoms with Crippen molar-refractivity contribution in [3.63, 3.8) is 0 Å². The summed E-state index contributed by atoms with van der Waals surface area (Å²) in [6.45, 7) is 4.44. The number of hydrogen-bond acceptors (Lipinski definition) is 6. The Kier molecular flexibility index (Phi) is 6.20. The summed E-state index contributed by atoms with van der Waals surface area (Å²) in [6, 6.07) is 9.26. The molecule has 2 aromatic heterocycles. The molecule has 2 N–H and O–H groups in total. The van der Waals surface area contributed by atoms with E-state index in [4.69, 9.17) is 0 Å². The van der Waals surface area contributed by atoms with Crippen molar-refractivity contribution >= 4 is 21.4 Å². The van der Waals surface area contributed by atoms with E-state index in [1.54, 1.807) is 23.1 Å². The molecule has 1 amide bonds. The lowest BCUT2D eigenvalue weighted by Crippen LogP contribution is -2.30. The molecule has 3 aromatic rings. The van der Waals surface area contributed by atoms with Crippen LogP contribution in [0.15, 0.2) is 36.7 Å². The van der Waals surface area contributed by atoms with Crippen LogP contribution >= 0.6 is 0 Å². The van der Waals surface area contributed by atoms with Gasteiger partial charge < -0.3 is 5.32 Å². The topological polar surface area (TPSA) is 134 Å². The fraction of sp³-hybridized carbons (Fsp3) is 0.462. The zero-order chi connectivity index (χ0) is 25.5. The number of fused-ring (bicyclic) bond motifs is 1. The van der Waals surface area contributed by atoms with Gasteiger partial charge in [0.25, 0.3) is 5.91 Å². The van der Waals surface area contributed by atoms with Crippen molar-refractivity contribution in [2.45, 2.75) is 52.0 Å². The molecule has 1 atom stereocenters. The highest BCUT2D eigenvalue weighted by molar-refractivity contribution is 7.91. The Morgan fingerprint density at radius 2 is 2.08 bits per heavy atom. The molecular weight excluding hydrogens is 476 g/mol. The second-order valence-corrected chi connectivity index (χ2v) is 13.0. The molecule has 1 saturated heterocycles. The smallest absolute Gasteiger partial charge is 0.276 e. The molecule has 1 unspecified atom stereocenters. The molecule has 1 aliphatic heterocycles. The molecule has 0 bridgehead atoms. The van der Waals surface area contributed by atoms with E-state index in [0.717, 1.165) is 36.1 Å². The maximum atomic E-state index is 13.1. The lowest BCUT2D eigenvalue weighted by molar-refractivity contribution is 0.102. The number of amides is 1. The van der Waals surface area contributed by atoms with Gasteiger partial charge in [-0.3, -0.25) is 14.6 Å². The highest BCUT2D eigenvalue weighted by Crippen LogP contribution is 2.36. The minimum absolute atomic E-state index is 0.0348. The van der Waals surface area contributed by atoms with Crippen LogP contribution in [0.2, 0.25) is 0 Å². The summed E-state index contributed by atoms with van der Waals surface area (Å²) < 4.78 is 25.9. The summed E-state index contributed by atoms with van der Waals surface area (Å²) in [5.41, 5.74) is 4.58. The fourth-order valence-electron chi connectivity index (χ4n) is 5.44. The lowest BCUT2D eigenvalue weighted by Gasteiger charge is -2.31. The van der Waals surface area contributed by atoms with E-state index in [1.807, 2.05) is 18.2 Å². The van der Waals surface area contributed by atoms with Gasteiger partial charge in [-0.25, -0.2) is 8.42 Å². The van der Waals surface area contributed by atoms with Crippen molar-refractivity contribution in [2.24, 2.45) is 11.3 Å². The van der Waals surface area contributed by atoms with Crippen LogP contribution in [0.4, 0.5) is 5.69 Å². The van der Waals surface area contributed by atoms with Crippen molar-refractivity contribution in [1.29, 1.82) is 5.26 Å². The number of nitriles is 1. The van der Waals surface area contributed by atoms with Crippen LogP contribution in [0.3, 0.4) is 0 Å². The van der Waals surface area contributed by atoms with Crippen LogP contribution in [0, 0.1) is 22.7 Å². The third-order valence-corrected chi connectivity index (χ3v) is 9.14. The van der Waals surface area contributed by atoms with Crippen LogP contribution in [0.25, 0.3) is 0 Å². The average Bonchev–Trinajstić information content (AvgIpc) is 3.46. The number of carbonyl (C=O) groups is 1. The number of aromatic nitrogens is 4. The summed E-state index contributed by atoms with van der Waals surface area (Å²) in [5.74, 6) is 0.0296. The van der Waals surface area contributed by atoms with Gasteiger partial charge in [-0.1, -0.05) is 26.0 Å². The molecule has 9 nitrogen and oxygen atoms in total. The number of carbonyl (C=O) groups excluding carboxylic acids is 1. The Balaban J connectivity index is 1.40. The van der Waals surface area contributed by atoms with Crippen LogP contribution < -0.4 is 5.32 Å². The van der Waals surface area contributed by atoms with Gasteiger partial charge in [0.2, 0.25) is 0 Å². The van der Waals surface area contributed by atoms with Crippen molar-refractivity contribution < 1.29 is 13.2 Å². The Morgan fingerprint density at radius 1 is 1.31 bits per heavy atom. The van der Waals surface area contributed by atoms with E-state index in [9.17, 15) is 18.5 Å². The van der Waals surface area contributed by atoms with Crippen LogP contribution in [0.5, 0.6) is 0 Å². The third kappa shape index (κ3) is 4.93. The zero-order valence-corrected chi connectivity index (χ0v) is 21.3. The average molecular weight is 507 g/mol. The van der Waals surface area contributed by atoms with Gasteiger partial charge in [0.1, 0.15) is 9.84 Å². The number of H-pyrrole nitrogens is 1. The predicted octanol–water partition coefficient (Wildman–Crippen LogP) is 3.66. The number of hydrogen-bond donors (Lipinski definition) is 2. The van der Waals surface area contributed by atoms with E-state index in [2.05, 4.69) is 40.5 Å². The second kappa shape index (κ2) is 9.21. The van der Waals surface area contributed by atoms with Crippen LogP contribution in [0.1, 0.15) is 72.0 Å². The van der Waals surface area contributed by atoms with Crippen molar-refractivity contribution in [3.8, 4) is 6.07 Å². The van der Waals surface area contributed by atoms with Gasteiger partial charge in [-0.2, -0.15) is 15.5 Å². The summed E-state index contributed by atoms with van der Waals surface area (Å²) in [7, 11) is -3.03. The van der Waals surface area contributed by atoms with Crippen LogP contribution in [-0.2, 0) is 22.7 Å². The first-order valence-electron chi connectivity index (χ1n) is 12.3. The molecule has 1 aliphatic carbocycles. The van der Waals surface area contributed by atoms with Gasteiger partial charge in [0, 0.05) is 17.5 Å². The second-order valence-electron chi connectivity index (χ2n) is 10.7. The summed E-state index contributed by atoms with van der Waals surface area (Å²) in [6.07, 6.45) is 7.07. The van der Waals surface area contributed by atoms with Crippen molar-refractivity contribution in [3.05, 3.63) is 64.7 Å². The van der Waals surface area contributed by atoms with E-state index in [1.165, 1.54) is 0 Å². The monoisotopic (exact) mass is 506 g/mol. The highest BCUT2D eigenvalue weighted by atomic mass is 32.2. The Labute approximate surface area is 210 Å². The number of rotatable bonds is 5. The molecule has 188 valence electrons. The van der Waals surface area contributed by atoms with Gasteiger partial charge in [-0.05, 0) is 61.1 Å². The Bertz CT molecular complexity index is 1430. The quantitative estimate of drug-likeness (QED) is 0.542. The fourth-order valence-corrected chi connectivity index (χ4v) is 6.96. The minimum Gasteiger partial charge on any atom is -0.318 e. The third-order valence-electron chi connectivity index (χ3n) is 7.42. The summed E-state index contributed by atoms with van der Waals surface area (Å²) in [4.78, 5) is 13.1. The normalized spacial score (nSPS) is 19.7. The SMILES string of the molecule is CC1(C)CCc2c(C(=O)Nc3cnn(C(c4cccc(C#N)c4)C4CCS(=O)(=O)CC4)c3)n[nH]c2C1. The molecule has 0 saturated carbocycles. The maximum absolute atomic E-state index is 13.1. The maximum Gasteiger partial charge on any atom is 0.276 e. The molecule has 2 aliphatic rings. The Hall–Kier alpha value is -3.45. The molecule has 0 radical (unpaired) electrons. The van der Waals surface area contributed by atoms with E-state index >= 15 is 0 Å². The highest BCUT2D eigenvalue weighted by Gasteiger charge is 2.33. The molecular formula is C26H30N6O3S. The van der Waals surface area contributed by atoms with Crippen LogP contribution in [-0.4, -0.2) is 45.8 Å². The van der Waals surface area contributed by atoms with E-state index in [-0.39, 0.29) is 34.8 Å². The molecule has 3 heterocycles. The largest absolute Gasteiger partial charge is 0.318 e. The number of aromatic amines is 1. The number of sulfone groups is 1. The molecule has 1 aromatic carbocycles. The van der Waals surface area contributed by atoms with E-state index < -0.39 is 9.84 Å². The van der Waals surface area contributed by atoms with Crippen molar-refractivity contribution in [1.82, 2.24) is 20.0 Å². The summed E-state index contributed by atoms with van der Waals surface area (Å²) >= 11 is 0. The van der Waals surface area contributed by atoms with Gasteiger partial charge in [0.15, 0.2) is 5.69 Å². The van der Waals surface area contributed by atoms with Crippen molar-refractivity contribution in [2.75, 3.05) is 16.8 Å². The molecule has 0 spiro atoms. The number of anilines is 1. The number of nitrogens with zero attached hydrogens (tertiary/aromatic N) is 4. The zero-order valence-electron chi connectivity index (χ0n) is 20.5. The molecule has 5 rings (SSSR count). The lowest BCUT2D eigenvalue weighted by atomic mass is 9.76. The predicted molar refractivity (Wildman–Crippen MR) is 135 cm³/mol. The van der Waals surface area contributed by atoms with Gasteiger partial charge >= 0.3 is 0 Å². The summed E-state index contributed by atoms with van der Waals surface area (Å²) in [5, 5.41) is 24.2. The molecule has 36 heavy (non-hydrogen) atoms.